The zero-order valence-electron chi connectivity index (χ0n) is 7.04. The van der Waals surface area contributed by atoms with Crippen molar-refractivity contribution in [3.8, 4) is 6.07 Å². The van der Waals surface area contributed by atoms with E-state index in [0.717, 1.165) is 6.07 Å². The summed E-state index contributed by atoms with van der Waals surface area (Å²) in [4.78, 5) is 14.0. The Balaban J connectivity index is 3.44. The number of pyridine rings is 1. The third-order valence-corrected chi connectivity index (χ3v) is 2.20. The van der Waals surface area contributed by atoms with Crippen LogP contribution in [0.3, 0.4) is 0 Å². The molecule has 1 heterocycles. The van der Waals surface area contributed by atoms with Gasteiger partial charge in [-0.15, -0.1) is 0 Å². The van der Waals surface area contributed by atoms with Crippen molar-refractivity contribution >= 4 is 21.9 Å². The average Bonchev–Trinajstić information content (AvgIpc) is 2.16. The molecule has 0 radical (unpaired) electrons. The topological polar surface area (TPSA) is 74.0 Å². The summed E-state index contributed by atoms with van der Waals surface area (Å²) in [7, 11) is 0. The number of hydrogen-bond donors (Lipinski definition) is 1. The van der Waals surface area contributed by atoms with Crippen LogP contribution < -0.4 is 0 Å². The van der Waals surface area contributed by atoms with E-state index >= 15 is 0 Å². The predicted molar refractivity (Wildman–Crippen MR) is 48.6 cm³/mol. The van der Waals surface area contributed by atoms with E-state index in [1.807, 2.05) is 0 Å². The number of nitriles is 1. The van der Waals surface area contributed by atoms with Crippen molar-refractivity contribution in [2.24, 2.45) is 0 Å². The normalized spacial score (nSPS) is 10.1. The molecule has 0 bridgehead atoms. The standard InChI is InChI=1S/C8H3BrF2N2O2/c9-6-4(7(10)11)1-3(2-12)5(13-6)8(14)15/h1,7H,(H,14,15). The Hall–Kier alpha value is -1.55. The first-order valence-electron chi connectivity index (χ1n) is 3.59. The van der Waals surface area contributed by atoms with Crippen molar-refractivity contribution in [1.82, 2.24) is 4.98 Å². The molecule has 0 aliphatic carbocycles. The second kappa shape index (κ2) is 4.31. The molecule has 0 unspecified atom stereocenters. The van der Waals surface area contributed by atoms with Crippen LogP contribution in [0, 0.1) is 11.3 Å². The van der Waals surface area contributed by atoms with Gasteiger partial charge in [0.2, 0.25) is 0 Å². The maximum Gasteiger partial charge on any atom is 0.355 e. The quantitative estimate of drug-likeness (QED) is 0.842. The van der Waals surface area contributed by atoms with E-state index in [1.54, 1.807) is 0 Å². The van der Waals surface area contributed by atoms with Crippen LogP contribution in [0.15, 0.2) is 10.7 Å². The van der Waals surface area contributed by atoms with Gasteiger partial charge in [-0.2, -0.15) is 5.26 Å². The lowest BCUT2D eigenvalue weighted by Gasteiger charge is -2.04. The molecule has 1 rings (SSSR count). The van der Waals surface area contributed by atoms with Gasteiger partial charge in [-0.1, -0.05) is 0 Å². The zero-order valence-corrected chi connectivity index (χ0v) is 8.62. The molecule has 0 atom stereocenters. The zero-order chi connectivity index (χ0) is 11.6. The van der Waals surface area contributed by atoms with Crippen molar-refractivity contribution < 1.29 is 18.7 Å². The first-order chi connectivity index (χ1) is 6.97. The van der Waals surface area contributed by atoms with Crippen molar-refractivity contribution in [2.75, 3.05) is 0 Å². The predicted octanol–water partition coefficient (Wildman–Crippen LogP) is 2.35. The molecule has 15 heavy (non-hydrogen) atoms. The van der Waals surface area contributed by atoms with Gasteiger partial charge < -0.3 is 5.11 Å². The van der Waals surface area contributed by atoms with Crippen molar-refractivity contribution in [1.29, 1.82) is 5.26 Å². The van der Waals surface area contributed by atoms with E-state index in [1.165, 1.54) is 6.07 Å². The van der Waals surface area contributed by atoms with Gasteiger partial charge in [0.15, 0.2) is 5.69 Å². The highest BCUT2D eigenvalue weighted by Gasteiger charge is 2.20. The molecule has 0 aromatic carbocycles. The van der Waals surface area contributed by atoms with Gasteiger partial charge in [0.25, 0.3) is 6.43 Å². The summed E-state index contributed by atoms with van der Waals surface area (Å²) in [5.74, 6) is -1.44. The summed E-state index contributed by atoms with van der Waals surface area (Å²) in [5.41, 5.74) is -1.44. The fourth-order valence-electron chi connectivity index (χ4n) is 0.908. The Kier molecular flexibility index (Phi) is 3.31. The number of alkyl halides is 2. The second-order valence-corrected chi connectivity index (χ2v) is 3.23. The Morgan fingerprint density at radius 1 is 1.67 bits per heavy atom. The molecule has 1 aromatic heterocycles. The monoisotopic (exact) mass is 276 g/mol. The van der Waals surface area contributed by atoms with Gasteiger partial charge in [-0.25, -0.2) is 18.6 Å². The average molecular weight is 277 g/mol. The number of rotatable bonds is 2. The van der Waals surface area contributed by atoms with E-state index < -0.39 is 23.7 Å². The van der Waals surface area contributed by atoms with Gasteiger partial charge in [0.05, 0.1) is 11.1 Å². The molecular formula is C8H3BrF2N2O2. The molecule has 0 saturated carbocycles. The maximum absolute atomic E-state index is 12.4. The fraction of sp³-hybridized carbons (Fsp3) is 0.125. The van der Waals surface area contributed by atoms with Gasteiger partial charge in [0.1, 0.15) is 10.7 Å². The lowest BCUT2D eigenvalue weighted by molar-refractivity contribution is 0.0689. The maximum atomic E-state index is 12.4. The largest absolute Gasteiger partial charge is 0.476 e. The molecule has 0 spiro atoms. The van der Waals surface area contributed by atoms with E-state index in [0.29, 0.717) is 0 Å². The SMILES string of the molecule is N#Cc1cc(C(F)F)c(Br)nc1C(=O)O. The van der Waals surface area contributed by atoms with Crippen LogP contribution in [-0.2, 0) is 0 Å². The number of halogens is 3. The minimum absolute atomic E-state index is 0.270. The van der Waals surface area contributed by atoms with Gasteiger partial charge in [-0.3, -0.25) is 0 Å². The van der Waals surface area contributed by atoms with E-state index in [9.17, 15) is 13.6 Å². The summed E-state index contributed by atoms with van der Waals surface area (Å²) in [6, 6.07) is 2.31. The van der Waals surface area contributed by atoms with Crippen molar-refractivity contribution in [3.63, 3.8) is 0 Å². The molecule has 0 aliphatic rings. The van der Waals surface area contributed by atoms with Gasteiger partial charge in [0, 0.05) is 0 Å². The molecule has 0 fully saturated rings. The molecule has 1 N–H and O–H groups in total. The Bertz CT molecular complexity index is 457. The summed E-state index contributed by atoms with van der Waals surface area (Å²) in [6.07, 6.45) is -2.82. The molecule has 7 heteroatoms. The molecule has 4 nitrogen and oxygen atoms in total. The minimum Gasteiger partial charge on any atom is -0.476 e. The van der Waals surface area contributed by atoms with Crippen LogP contribution >= 0.6 is 15.9 Å². The number of carboxylic acid groups (broad SMARTS) is 1. The molecule has 78 valence electrons. The molecule has 0 aliphatic heterocycles. The summed E-state index contributed by atoms with van der Waals surface area (Å²) >= 11 is 2.72. The third-order valence-electron chi connectivity index (χ3n) is 1.56. The number of aromatic nitrogens is 1. The van der Waals surface area contributed by atoms with Gasteiger partial charge in [-0.05, 0) is 22.0 Å². The highest BCUT2D eigenvalue weighted by molar-refractivity contribution is 9.10. The van der Waals surface area contributed by atoms with Crippen LogP contribution in [0.4, 0.5) is 8.78 Å². The van der Waals surface area contributed by atoms with Crippen molar-refractivity contribution in [2.45, 2.75) is 6.43 Å². The number of carbonyl (C=O) groups is 1. The molecular weight excluding hydrogens is 274 g/mol. The molecule has 0 saturated heterocycles. The lowest BCUT2D eigenvalue weighted by atomic mass is 10.1. The first-order valence-corrected chi connectivity index (χ1v) is 4.38. The number of nitrogens with zero attached hydrogens (tertiary/aromatic N) is 2. The summed E-state index contributed by atoms with van der Waals surface area (Å²) in [6.45, 7) is 0. The highest BCUT2D eigenvalue weighted by Crippen LogP contribution is 2.27. The number of carboxylic acids is 1. The smallest absolute Gasteiger partial charge is 0.355 e. The highest BCUT2D eigenvalue weighted by atomic mass is 79.9. The van der Waals surface area contributed by atoms with Crippen LogP contribution in [0.2, 0.25) is 0 Å². The first kappa shape index (κ1) is 11.5. The third kappa shape index (κ3) is 2.27. The van der Waals surface area contributed by atoms with E-state index in [2.05, 4.69) is 20.9 Å². The Morgan fingerprint density at radius 3 is 2.67 bits per heavy atom. The van der Waals surface area contributed by atoms with Crippen molar-refractivity contribution in [3.05, 3.63) is 27.5 Å². The van der Waals surface area contributed by atoms with E-state index in [-0.39, 0.29) is 10.2 Å². The Morgan fingerprint density at radius 2 is 2.27 bits per heavy atom. The fourth-order valence-corrected chi connectivity index (χ4v) is 1.37. The van der Waals surface area contributed by atoms with Crippen LogP contribution in [0.5, 0.6) is 0 Å². The molecule has 1 aromatic rings. The van der Waals surface area contributed by atoms with E-state index in [4.69, 9.17) is 10.4 Å². The van der Waals surface area contributed by atoms with Gasteiger partial charge >= 0.3 is 5.97 Å². The van der Waals surface area contributed by atoms with Crippen LogP contribution in [0.25, 0.3) is 0 Å². The summed E-state index contributed by atoms with van der Waals surface area (Å²) in [5, 5.41) is 17.2. The summed E-state index contributed by atoms with van der Waals surface area (Å²) < 4.78 is 24.4. The number of hydrogen-bond acceptors (Lipinski definition) is 3. The number of aromatic carboxylic acids is 1. The van der Waals surface area contributed by atoms with Crippen LogP contribution in [-0.4, -0.2) is 16.1 Å². The lowest BCUT2D eigenvalue weighted by Crippen LogP contribution is -2.06. The molecule has 0 amide bonds. The minimum atomic E-state index is -2.82. The second-order valence-electron chi connectivity index (χ2n) is 2.48. The Labute approximate surface area is 91.3 Å². The van der Waals surface area contributed by atoms with Crippen LogP contribution in [0.1, 0.15) is 28.0 Å².